The SMILES string of the molecule is CC(=O)NC1=NC(c2ccccc2)N(c2ccccc2)S1. The monoisotopic (exact) mass is 297 g/mol. The minimum absolute atomic E-state index is 0.108. The number of nitrogens with one attached hydrogen (secondary N) is 1. The number of amidine groups is 1. The predicted molar refractivity (Wildman–Crippen MR) is 86.9 cm³/mol. The number of amides is 1. The summed E-state index contributed by atoms with van der Waals surface area (Å²) in [6.07, 6.45) is -0.138. The van der Waals surface area contributed by atoms with Crippen molar-refractivity contribution in [1.29, 1.82) is 0 Å². The molecule has 0 saturated heterocycles. The molecular weight excluding hydrogens is 282 g/mol. The summed E-state index contributed by atoms with van der Waals surface area (Å²) < 4.78 is 2.10. The molecule has 2 aromatic rings. The maximum Gasteiger partial charge on any atom is 0.222 e. The van der Waals surface area contributed by atoms with Crippen LogP contribution in [-0.4, -0.2) is 11.1 Å². The fourth-order valence-electron chi connectivity index (χ4n) is 2.14. The van der Waals surface area contributed by atoms with Crippen LogP contribution in [0.25, 0.3) is 0 Å². The van der Waals surface area contributed by atoms with Gasteiger partial charge in [-0.1, -0.05) is 48.5 Å². The fraction of sp³-hybridized carbons (Fsp3) is 0.125. The van der Waals surface area contributed by atoms with Crippen molar-refractivity contribution in [2.24, 2.45) is 4.99 Å². The third-order valence-electron chi connectivity index (χ3n) is 3.04. The van der Waals surface area contributed by atoms with E-state index in [4.69, 9.17) is 0 Å². The van der Waals surface area contributed by atoms with Crippen LogP contribution in [0.1, 0.15) is 18.7 Å². The molecule has 1 aliphatic heterocycles. The molecule has 21 heavy (non-hydrogen) atoms. The first-order chi connectivity index (χ1) is 10.2. The minimum atomic E-state index is -0.138. The third kappa shape index (κ3) is 3.08. The van der Waals surface area contributed by atoms with Gasteiger partial charge in [-0.05, 0) is 17.7 Å². The number of rotatable bonds is 2. The summed E-state index contributed by atoms with van der Waals surface area (Å²) in [5, 5.41) is 3.40. The maximum atomic E-state index is 11.3. The van der Waals surface area contributed by atoms with E-state index in [9.17, 15) is 4.79 Å². The second-order valence-electron chi connectivity index (χ2n) is 4.65. The number of nitrogens with zero attached hydrogens (tertiary/aromatic N) is 2. The first-order valence-corrected chi connectivity index (χ1v) is 7.44. The molecule has 1 atom stereocenters. The second kappa shape index (κ2) is 6.01. The van der Waals surface area contributed by atoms with E-state index >= 15 is 0 Å². The Morgan fingerprint density at radius 3 is 2.33 bits per heavy atom. The smallest absolute Gasteiger partial charge is 0.222 e. The van der Waals surface area contributed by atoms with Crippen LogP contribution < -0.4 is 9.62 Å². The van der Waals surface area contributed by atoms with Crippen LogP contribution in [0.3, 0.4) is 0 Å². The Labute approximate surface area is 128 Å². The van der Waals surface area contributed by atoms with Gasteiger partial charge in [0.15, 0.2) is 11.3 Å². The van der Waals surface area contributed by atoms with Crippen LogP contribution in [0.2, 0.25) is 0 Å². The topological polar surface area (TPSA) is 44.7 Å². The molecule has 1 amide bonds. The van der Waals surface area contributed by atoms with Gasteiger partial charge < -0.3 is 5.32 Å². The van der Waals surface area contributed by atoms with Gasteiger partial charge in [-0.2, -0.15) is 0 Å². The zero-order chi connectivity index (χ0) is 14.7. The average Bonchev–Trinajstić information content (AvgIpc) is 2.92. The number of hydrogen-bond donors (Lipinski definition) is 1. The van der Waals surface area contributed by atoms with Gasteiger partial charge in [-0.15, -0.1) is 0 Å². The number of carbonyl (C=O) groups excluding carboxylic acids is 1. The highest BCUT2D eigenvalue weighted by atomic mass is 32.2. The third-order valence-corrected chi connectivity index (χ3v) is 4.03. The molecular formula is C16H15N3OS. The molecule has 1 aliphatic rings. The zero-order valence-corrected chi connectivity index (χ0v) is 12.4. The van der Waals surface area contributed by atoms with E-state index in [0.717, 1.165) is 11.3 Å². The summed E-state index contributed by atoms with van der Waals surface area (Å²) in [4.78, 5) is 15.9. The largest absolute Gasteiger partial charge is 0.304 e. The molecule has 0 fully saturated rings. The maximum absolute atomic E-state index is 11.3. The lowest BCUT2D eigenvalue weighted by atomic mass is 10.1. The molecule has 1 unspecified atom stereocenters. The lowest BCUT2D eigenvalue weighted by Crippen LogP contribution is -2.25. The summed E-state index contributed by atoms with van der Waals surface area (Å²) in [6, 6.07) is 20.1. The summed E-state index contributed by atoms with van der Waals surface area (Å²) in [5.41, 5.74) is 2.15. The van der Waals surface area contributed by atoms with Crippen molar-refractivity contribution in [3.05, 3.63) is 66.2 Å². The summed E-state index contributed by atoms with van der Waals surface area (Å²) in [5.74, 6) is -0.108. The molecule has 1 N–H and O–H groups in total. The van der Waals surface area contributed by atoms with Gasteiger partial charge in [0.1, 0.15) is 0 Å². The van der Waals surface area contributed by atoms with E-state index in [1.54, 1.807) is 0 Å². The van der Waals surface area contributed by atoms with Gasteiger partial charge in [-0.3, -0.25) is 9.10 Å². The molecule has 3 rings (SSSR count). The van der Waals surface area contributed by atoms with Gasteiger partial charge in [0, 0.05) is 18.9 Å². The molecule has 5 heteroatoms. The Morgan fingerprint density at radius 2 is 1.71 bits per heavy atom. The Hall–Kier alpha value is -2.27. The van der Waals surface area contributed by atoms with Gasteiger partial charge in [-0.25, -0.2) is 4.99 Å². The van der Waals surface area contributed by atoms with Gasteiger partial charge in [0.2, 0.25) is 5.91 Å². The van der Waals surface area contributed by atoms with E-state index in [1.165, 1.54) is 18.9 Å². The molecule has 1 heterocycles. The lowest BCUT2D eigenvalue weighted by Gasteiger charge is -2.23. The molecule has 4 nitrogen and oxygen atoms in total. The summed E-state index contributed by atoms with van der Waals surface area (Å²) in [6.45, 7) is 1.49. The van der Waals surface area contributed by atoms with Gasteiger partial charge in [0.05, 0.1) is 5.69 Å². The number of benzene rings is 2. The van der Waals surface area contributed by atoms with Crippen LogP contribution in [0, 0.1) is 0 Å². The number of para-hydroxylation sites is 1. The Morgan fingerprint density at radius 1 is 1.10 bits per heavy atom. The zero-order valence-electron chi connectivity index (χ0n) is 11.6. The van der Waals surface area contributed by atoms with E-state index in [0.29, 0.717) is 5.17 Å². The number of anilines is 1. The first-order valence-electron chi connectivity index (χ1n) is 6.66. The van der Waals surface area contributed by atoms with Crippen molar-refractivity contribution < 1.29 is 4.79 Å². The Balaban J connectivity index is 1.94. The number of hydrogen-bond acceptors (Lipinski definition) is 4. The molecule has 0 aliphatic carbocycles. The standard InChI is InChI=1S/C16H15N3OS/c1-12(20)17-16-18-15(13-8-4-2-5-9-13)19(21-16)14-10-6-3-7-11-14/h2-11,15H,1H3,(H,17,18,20). The lowest BCUT2D eigenvalue weighted by molar-refractivity contribution is -0.117. The average molecular weight is 297 g/mol. The molecule has 0 aromatic heterocycles. The highest BCUT2D eigenvalue weighted by Crippen LogP contribution is 2.39. The summed E-state index contributed by atoms with van der Waals surface area (Å²) >= 11 is 1.45. The van der Waals surface area contributed by atoms with Crippen molar-refractivity contribution in [3.63, 3.8) is 0 Å². The van der Waals surface area contributed by atoms with Crippen LogP contribution in [0.5, 0.6) is 0 Å². The van der Waals surface area contributed by atoms with E-state index in [-0.39, 0.29) is 12.1 Å². The van der Waals surface area contributed by atoms with Crippen molar-refractivity contribution in [3.8, 4) is 0 Å². The van der Waals surface area contributed by atoms with Crippen LogP contribution in [0.15, 0.2) is 65.7 Å². The molecule has 0 saturated carbocycles. The highest BCUT2D eigenvalue weighted by Gasteiger charge is 2.29. The van der Waals surface area contributed by atoms with Crippen LogP contribution >= 0.6 is 11.9 Å². The van der Waals surface area contributed by atoms with Crippen molar-refractivity contribution >= 4 is 28.7 Å². The second-order valence-corrected chi connectivity index (χ2v) is 5.62. The quantitative estimate of drug-likeness (QED) is 0.865. The van der Waals surface area contributed by atoms with Crippen LogP contribution in [-0.2, 0) is 4.79 Å². The minimum Gasteiger partial charge on any atom is -0.304 e. The summed E-state index contributed by atoms with van der Waals surface area (Å²) in [7, 11) is 0. The predicted octanol–water partition coefficient (Wildman–Crippen LogP) is 3.35. The molecule has 0 radical (unpaired) electrons. The van der Waals surface area contributed by atoms with Crippen molar-refractivity contribution in [2.45, 2.75) is 13.1 Å². The Kier molecular flexibility index (Phi) is 3.92. The number of carbonyl (C=O) groups is 1. The van der Waals surface area contributed by atoms with E-state index in [1.807, 2.05) is 60.7 Å². The molecule has 0 spiro atoms. The normalized spacial score (nSPS) is 17.5. The van der Waals surface area contributed by atoms with E-state index < -0.39 is 0 Å². The fourth-order valence-corrected chi connectivity index (χ4v) is 3.16. The van der Waals surface area contributed by atoms with Crippen molar-refractivity contribution in [1.82, 2.24) is 5.32 Å². The van der Waals surface area contributed by atoms with E-state index in [2.05, 4.69) is 14.6 Å². The molecule has 0 bridgehead atoms. The highest BCUT2D eigenvalue weighted by molar-refractivity contribution is 8.15. The van der Waals surface area contributed by atoms with Crippen molar-refractivity contribution in [2.75, 3.05) is 4.31 Å². The Bertz CT molecular complexity index is 658. The molecule has 2 aromatic carbocycles. The van der Waals surface area contributed by atoms with Gasteiger partial charge in [0.25, 0.3) is 0 Å². The number of aliphatic imine (C=N–C) groups is 1. The van der Waals surface area contributed by atoms with Gasteiger partial charge >= 0.3 is 0 Å². The first kappa shape index (κ1) is 13.7. The molecule has 106 valence electrons. The van der Waals surface area contributed by atoms with Crippen LogP contribution in [0.4, 0.5) is 5.69 Å².